The Hall–Kier alpha value is -1.20. The van der Waals surface area contributed by atoms with E-state index in [4.69, 9.17) is 9.47 Å². The fourth-order valence-corrected chi connectivity index (χ4v) is 5.64. The molecule has 0 amide bonds. The molecule has 1 aromatic heterocycles. The largest absolute Gasteiger partial charge is 0.347 e. The van der Waals surface area contributed by atoms with Crippen molar-refractivity contribution in [2.75, 3.05) is 32.8 Å². The molecule has 2 saturated heterocycles. The maximum atomic E-state index is 5.89. The van der Waals surface area contributed by atoms with E-state index >= 15 is 0 Å². The lowest BCUT2D eigenvalue weighted by atomic mass is 9.89. The molecule has 2 aliphatic heterocycles. The van der Waals surface area contributed by atoms with Gasteiger partial charge in [-0.15, -0.1) is 11.3 Å². The van der Waals surface area contributed by atoms with Crippen LogP contribution in [0.4, 0.5) is 0 Å². The summed E-state index contributed by atoms with van der Waals surface area (Å²) in [4.78, 5) is 4.20. The molecule has 5 rings (SSSR count). The van der Waals surface area contributed by atoms with Crippen LogP contribution in [0, 0.1) is 0 Å². The number of ether oxygens (including phenoxy) is 2. The highest BCUT2D eigenvalue weighted by Gasteiger charge is 2.40. The maximum absolute atomic E-state index is 5.89. The van der Waals surface area contributed by atoms with Crippen molar-refractivity contribution in [2.24, 2.45) is 0 Å². The van der Waals surface area contributed by atoms with Crippen molar-refractivity contribution in [1.29, 1.82) is 0 Å². The zero-order valence-corrected chi connectivity index (χ0v) is 15.4. The van der Waals surface area contributed by atoms with Crippen LogP contribution in [0.2, 0.25) is 0 Å². The first kappa shape index (κ1) is 16.0. The number of piperidine rings is 1. The van der Waals surface area contributed by atoms with E-state index in [-0.39, 0.29) is 5.79 Å². The zero-order chi connectivity index (χ0) is 16.7. The molecule has 0 N–H and O–H groups in total. The zero-order valence-electron chi connectivity index (χ0n) is 14.6. The van der Waals surface area contributed by atoms with E-state index in [0.717, 1.165) is 45.7 Å². The van der Waals surface area contributed by atoms with Crippen molar-refractivity contribution in [3.05, 3.63) is 57.3 Å². The number of rotatable bonds is 2. The molecular weight excluding hydrogens is 330 g/mol. The van der Waals surface area contributed by atoms with E-state index in [2.05, 4.69) is 40.6 Å². The van der Waals surface area contributed by atoms with Gasteiger partial charge in [-0.05, 0) is 41.0 Å². The van der Waals surface area contributed by atoms with Gasteiger partial charge in [0.05, 0.1) is 13.2 Å². The summed E-state index contributed by atoms with van der Waals surface area (Å²) in [6.45, 7) is 4.76. The minimum Gasteiger partial charge on any atom is -0.347 e. The van der Waals surface area contributed by atoms with Crippen molar-refractivity contribution >= 4 is 11.3 Å². The van der Waals surface area contributed by atoms with Gasteiger partial charge in [0.25, 0.3) is 0 Å². The molecule has 2 fully saturated rings. The number of aryl methyl sites for hydroxylation is 2. The normalized spacial score (nSPS) is 25.5. The van der Waals surface area contributed by atoms with E-state index in [1.54, 1.807) is 10.4 Å². The number of benzene rings is 1. The number of hydrogen-bond donors (Lipinski definition) is 0. The van der Waals surface area contributed by atoms with Gasteiger partial charge in [-0.25, -0.2) is 0 Å². The summed E-state index contributed by atoms with van der Waals surface area (Å²) in [5.41, 5.74) is 4.63. The van der Waals surface area contributed by atoms with Crippen molar-refractivity contribution < 1.29 is 9.47 Å². The monoisotopic (exact) mass is 355 g/mol. The SMILES string of the molecule is c1ccc2c(c1)CCc1sccc1C2CN1CCC2(CC1)OCCO2. The van der Waals surface area contributed by atoms with Gasteiger partial charge in [0.2, 0.25) is 0 Å². The standard InChI is InChI=1S/C21H25NO2S/c1-2-4-17-16(3-1)5-6-20-18(7-14-25-20)19(17)15-22-10-8-21(9-11-22)23-12-13-24-21/h1-4,7,14,19H,5-6,8-13,15H2. The maximum Gasteiger partial charge on any atom is 0.170 e. The Bertz CT molecular complexity index is 740. The molecule has 0 saturated carbocycles. The minimum absolute atomic E-state index is 0.272. The highest BCUT2D eigenvalue weighted by molar-refractivity contribution is 7.10. The van der Waals surface area contributed by atoms with E-state index in [0.29, 0.717) is 5.92 Å². The molecule has 3 heterocycles. The van der Waals surface area contributed by atoms with Crippen molar-refractivity contribution in [3.63, 3.8) is 0 Å². The third kappa shape index (κ3) is 2.95. The molecule has 1 spiro atoms. The average molecular weight is 356 g/mol. The number of thiophene rings is 1. The van der Waals surface area contributed by atoms with E-state index in [1.165, 1.54) is 24.0 Å². The summed E-state index contributed by atoms with van der Waals surface area (Å²) in [5.74, 6) is 0.227. The molecule has 1 aromatic carbocycles. The molecule has 1 unspecified atom stereocenters. The molecule has 3 nitrogen and oxygen atoms in total. The number of nitrogens with zero attached hydrogens (tertiary/aromatic N) is 1. The third-order valence-electron chi connectivity index (χ3n) is 6.08. The Morgan fingerprint density at radius 2 is 1.80 bits per heavy atom. The summed E-state index contributed by atoms with van der Waals surface area (Å²) in [5, 5.41) is 2.27. The molecule has 2 aromatic rings. The Kier molecular flexibility index (Phi) is 4.17. The van der Waals surface area contributed by atoms with Crippen LogP contribution in [0.25, 0.3) is 0 Å². The molecule has 0 bridgehead atoms. The van der Waals surface area contributed by atoms with Gasteiger partial charge in [0, 0.05) is 43.3 Å². The molecule has 1 atom stereocenters. The highest BCUT2D eigenvalue weighted by Crippen LogP contribution is 2.38. The van der Waals surface area contributed by atoms with Crippen LogP contribution in [0.1, 0.15) is 40.3 Å². The van der Waals surface area contributed by atoms with Crippen LogP contribution in [0.3, 0.4) is 0 Å². The minimum atomic E-state index is -0.272. The average Bonchev–Trinajstić information content (AvgIpc) is 3.27. The first-order valence-corrected chi connectivity index (χ1v) is 10.4. The fraction of sp³-hybridized carbons (Fsp3) is 0.524. The molecule has 132 valence electrons. The predicted molar refractivity (Wildman–Crippen MR) is 100 cm³/mol. The Balaban J connectivity index is 1.39. The van der Waals surface area contributed by atoms with Crippen LogP contribution in [0.5, 0.6) is 0 Å². The summed E-state index contributed by atoms with van der Waals surface area (Å²) < 4.78 is 11.8. The van der Waals surface area contributed by atoms with Crippen LogP contribution in [0.15, 0.2) is 35.7 Å². The van der Waals surface area contributed by atoms with Gasteiger partial charge in [-0.3, -0.25) is 0 Å². The highest BCUT2D eigenvalue weighted by atomic mass is 32.1. The molecule has 4 heteroatoms. The predicted octanol–water partition coefficient (Wildman–Crippen LogP) is 3.82. The van der Waals surface area contributed by atoms with Crippen molar-refractivity contribution in [2.45, 2.75) is 37.4 Å². The third-order valence-corrected chi connectivity index (χ3v) is 7.08. The second kappa shape index (κ2) is 6.51. The summed E-state index contributed by atoms with van der Waals surface area (Å²) >= 11 is 1.93. The Labute approximate surface area is 153 Å². The van der Waals surface area contributed by atoms with Crippen molar-refractivity contribution in [3.8, 4) is 0 Å². The van der Waals surface area contributed by atoms with Gasteiger partial charge in [-0.1, -0.05) is 24.3 Å². The second-order valence-corrected chi connectivity index (χ2v) is 8.46. The van der Waals surface area contributed by atoms with Crippen LogP contribution >= 0.6 is 11.3 Å². The van der Waals surface area contributed by atoms with E-state index < -0.39 is 0 Å². The molecule has 25 heavy (non-hydrogen) atoms. The molecule has 3 aliphatic rings. The van der Waals surface area contributed by atoms with Crippen LogP contribution < -0.4 is 0 Å². The molecular formula is C21H25NO2S. The van der Waals surface area contributed by atoms with E-state index in [1.807, 2.05) is 11.3 Å². The smallest absolute Gasteiger partial charge is 0.170 e. The van der Waals surface area contributed by atoms with Gasteiger partial charge >= 0.3 is 0 Å². The Morgan fingerprint density at radius 3 is 2.64 bits per heavy atom. The van der Waals surface area contributed by atoms with Gasteiger partial charge < -0.3 is 14.4 Å². The van der Waals surface area contributed by atoms with Gasteiger partial charge in [0.1, 0.15) is 0 Å². The molecule has 1 aliphatic carbocycles. The van der Waals surface area contributed by atoms with Crippen LogP contribution in [-0.2, 0) is 22.3 Å². The first-order chi connectivity index (χ1) is 12.3. The summed E-state index contributed by atoms with van der Waals surface area (Å²) in [7, 11) is 0. The summed E-state index contributed by atoms with van der Waals surface area (Å²) in [6, 6.07) is 11.4. The number of hydrogen-bond acceptors (Lipinski definition) is 4. The lowest BCUT2D eigenvalue weighted by molar-refractivity contribution is -0.185. The van der Waals surface area contributed by atoms with Crippen LogP contribution in [-0.4, -0.2) is 43.5 Å². The lowest BCUT2D eigenvalue weighted by Crippen LogP contribution is -2.46. The Morgan fingerprint density at radius 1 is 1.00 bits per heavy atom. The van der Waals surface area contributed by atoms with E-state index in [9.17, 15) is 0 Å². The van der Waals surface area contributed by atoms with Gasteiger partial charge in [0.15, 0.2) is 5.79 Å². The number of likely N-dealkylation sites (tertiary alicyclic amines) is 1. The van der Waals surface area contributed by atoms with Gasteiger partial charge in [-0.2, -0.15) is 0 Å². The molecule has 0 radical (unpaired) electrons. The summed E-state index contributed by atoms with van der Waals surface area (Å²) in [6.07, 6.45) is 4.35. The first-order valence-electron chi connectivity index (χ1n) is 9.47. The fourth-order valence-electron chi connectivity index (χ4n) is 4.70. The lowest BCUT2D eigenvalue weighted by Gasteiger charge is -2.39. The van der Waals surface area contributed by atoms with Crippen molar-refractivity contribution in [1.82, 2.24) is 4.90 Å². The number of fused-ring (bicyclic) bond motifs is 2. The topological polar surface area (TPSA) is 21.7 Å². The second-order valence-electron chi connectivity index (χ2n) is 7.46. The quantitative estimate of drug-likeness (QED) is 0.817.